The van der Waals surface area contributed by atoms with Crippen LogP contribution in [0.25, 0.3) is 0 Å². The van der Waals surface area contributed by atoms with Crippen molar-refractivity contribution in [1.82, 2.24) is 10.2 Å². The molecule has 1 aromatic carbocycles. The molecular weight excluding hydrogens is 371 g/mol. The van der Waals surface area contributed by atoms with Gasteiger partial charge >= 0.3 is 0 Å². The van der Waals surface area contributed by atoms with Crippen molar-refractivity contribution in [2.75, 3.05) is 19.6 Å². The van der Waals surface area contributed by atoms with Gasteiger partial charge in [-0.15, -0.1) is 12.4 Å². The largest absolute Gasteiger partial charge is 0.455 e. The van der Waals surface area contributed by atoms with Crippen molar-refractivity contribution >= 4 is 24.1 Å². The molecule has 7 heteroatoms. The fourth-order valence-electron chi connectivity index (χ4n) is 3.94. The number of carbonyl (C=O) groups is 2. The first kappa shape index (κ1) is 19.6. The van der Waals surface area contributed by atoms with Crippen LogP contribution in [0.2, 0.25) is 0 Å². The van der Waals surface area contributed by atoms with Crippen LogP contribution >= 0.6 is 12.4 Å². The lowest BCUT2D eigenvalue weighted by molar-refractivity contribution is 0.0598. The smallest absolute Gasteiger partial charge is 0.290 e. The van der Waals surface area contributed by atoms with E-state index in [0.29, 0.717) is 49.4 Å². The number of nitrogens with zero attached hydrogens (tertiary/aromatic N) is 1. The molecule has 1 atom stereocenters. The van der Waals surface area contributed by atoms with E-state index in [-0.39, 0.29) is 41.7 Å². The number of fused-ring (bicyclic) bond motifs is 1. The van der Waals surface area contributed by atoms with Crippen molar-refractivity contribution in [3.63, 3.8) is 0 Å². The molecule has 2 aromatic rings. The van der Waals surface area contributed by atoms with Crippen molar-refractivity contribution in [2.24, 2.45) is 0 Å². The number of halogens is 2. The molecular formula is C20H22ClFN2O3. The summed E-state index contributed by atoms with van der Waals surface area (Å²) in [5, 5.41) is 3.26. The molecule has 1 aromatic heterocycles. The summed E-state index contributed by atoms with van der Waals surface area (Å²) < 4.78 is 19.5. The van der Waals surface area contributed by atoms with E-state index in [9.17, 15) is 14.0 Å². The Labute approximate surface area is 163 Å². The molecule has 1 aliphatic carbocycles. The first-order valence-electron chi connectivity index (χ1n) is 8.99. The second-order valence-corrected chi connectivity index (χ2v) is 6.90. The highest BCUT2D eigenvalue weighted by Crippen LogP contribution is 2.32. The van der Waals surface area contributed by atoms with Crippen LogP contribution in [-0.4, -0.2) is 36.2 Å². The van der Waals surface area contributed by atoms with Gasteiger partial charge in [-0.3, -0.25) is 9.59 Å². The standard InChI is InChI=1S/C20H21FN2O3.ClH/c1-12-18-16(24)6-3-7-17(18)26-19(12)20(25)23-9-8-22-11-15(23)13-4-2-5-14(21)10-13;/h2,4-5,10,15,22H,3,6-9,11H2,1H3;1H. The van der Waals surface area contributed by atoms with Gasteiger partial charge in [0.2, 0.25) is 0 Å². The van der Waals surface area contributed by atoms with E-state index in [2.05, 4.69) is 5.32 Å². The van der Waals surface area contributed by atoms with Crippen molar-refractivity contribution in [2.45, 2.75) is 32.2 Å². The summed E-state index contributed by atoms with van der Waals surface area (Å²) in [6, 6.07) is 6.05. The zero-order chi connectivity index (χ0) is 18.3. The van der Waals surface area contributed by atoms with E-state index in [4.69, 9.17) is 4.42 Å². The van der Waals surface area contributed by atoms with Crippen molar-refractivity contribution in [3.05, 3.63) is 58.3 Å². The average molecular weight is 393 g/mol. The Morgan fingerprint density at radius 3 is 2.89 bits per heavy atom. The summed E-state index contributed by atoms with van der Waals surface area (Å²) in [6.07, 6.45) is 1.94. The minimum absolute atomic E-state index is 0. The summed E-state index contributed by atoms with van der Waals surface area (Å²) in [5.74, 6) is 0.359. The van der Waals surface area contributed by atoms with E-state index in [1.165, 1.54) is 12.1 Å². The maximum atomic E-state index is 13.7. The molecule has 2 aliphatic rings. The van der Waals surface area contributed by atoms with Gasteiger partial charge in [0.25, 0.3) is 5.91 Å². The zero-order valence-electron chi connectivity index (χ0n) is 15.1. The minimum atomic E-state index is -0.323. The molecule has 0 spiro atoms. The fourth-order valence-corrected chi connectivity index (χ4v) is 3.94. The van der Waals surface area contributed by atoms with E-state index in [0.717, 1.165) is 12.0 Å². The summed E-state index contributed by atoms with van der Waals surface area (Å²) in [5.41, 5.74) is 1.96. The molecule has 0 bridgehead atoms. The lowest BCUT2D eigenvalue weighted by atomic mass is 9.93. The Hall–Kier alpha value is -2.18. The van der Waals surface area contributed by atoms with Crippen LogP contribution < -0.4 is 5.32 Å². The molecule has 1 aliphatic heterocycles. The number of nitrogens with one attached hydrogen (secondary N) is 1. The normalized spacial score (nSPS) is 19.4. The van der Waals surface area contributed by atoms with E-state index >= 15 is 0 Å². The predicted octanol–water partition coefficient (Wildman–Crippen LogP) is 3.45. The third kappa shape index (κ3) is 3.51. The molecule has 1 amide bonds. The van der Waals surface area contributed by atoms with Crippen LogP contribution in [0.1, 0.15) is 56.7 Å². The predicted molar refractivity (Wildman–Crippen MR) is 101 cm³/mol. The molecule has 27 heavy (non-hydrogen) atoms. The Balaban J connectivity index is 0.00000210. The van der Waals surface area contributed by atoms with Gasteiger partial charge in [-0.1, -0.05) is 12.1 Å². The van der Waals surface area contributed by atoms with Crippen LogP contribution in [0.15, 0.2) is 28.7 Å². The summed E-state index contributed by atoms with van der Waals surface area (Å²) in [4.78, 5) is 27.1. The van der Waals surface area contributed by atoms with Gasteiger partial charge in [0.15, 0.2) is 11.5 Å². The van der Waals surface area contributed by atoms with Gasteiger partial charge in [-0.2, -0.15) is 0 Å². The Kier molecular flexibility index (Phi) is 5.67. The molecule has 2 heterocycles. The summed E-state index contributed by atoms with van der Waals surface area (Å²) in [6.45, 7) is 3.49. The van der Waals surface area contributed by atoms with Crippen molar-refractivity contribution in [3.8, 4) is 0 Å². The maximum Gasteiger partial charge on any atom is 0.290 e. The Morgan fingerprint density at radius 2 is 2.15 bits per heavy atom. The second kappa shape index (κ2) is 7.82. The molecule has 5 nitrogen and oxygen atoms in total. The first-order chi connectivity index (χ1) is 12.6. The minimum Gasteiger partial charge on any atom is -0.455 e. The third-order valence-electron chi connectivity index (χ3n) is 5.24. The number of Topliss-reactive ketones (excluding diaryl/α,β-unsaturated/α-hetero) is 1. The van der Waals surface area contributed by atoms with E-state index < -0.39 is 0 Å². The number of rotatable bonds is 2. The van der Waals surface area contributed by atoms with Gasteiger partial charge in [0.1, 0.15) is 11.6 Å². The number of hydrogen-bond donors (Lipinski definition) is 1. The summed E-state index contributed by atoms with van der Waals surface area (Å²) in [7, 11) is 0. The number of benzene rings is 1. The Bertz CT molecular complexity index is 880. The van der Waals surface area contributed by atoms with Crippen LogP contribution in [-0.2, 0) is 6.42 Å². The van der Waals surface area contributed by atoms with E-state index in [1.807, 2.05) is 6.07 Å². The number of furan rings is 1. The fraction of sp³-hybridized carbons (Fsp3) is 0.400. The third-order valence-corrected chi connectivity index (χ3v) is 5.24. The molecule has 1 unspecified atom stereocenters. The number of ketones is 1. The highest BCUT2D eigenvalue weighted by Gasteiger charge is 2.34. The number of aryl methyl sites for hydroxylation is 1. The van der Waals surface area contributed by atoms with Gasteiger partial charge < -0.3 is 14.6 Å². The maximum absolute atomic E-state index is 13.7. The average Bonchev–Trinajstić information content (AvgIpc) is 2.99. The lowest BCUT2D eigenvalue weighted by Crippen LogP contribution is -2.48. The highest BCUT2D eigenvalue weighted by atomic mass is 35.5. The van der Waals surface area contributed by atoms with Gasteiger partial charge in [0, 0.05) is 38.0 Å². The van der Waals surface area contributed by atoms with Crippen molar-refractivity contribution in [1.29, 1.82) is 0 Å². The molecule has 1 N–H and O–H groups in total. The van der Waals surface area contributed by atoms with Crippen LogP contribution in [0.3, 0.4) is 0 Å². The number of carbonyl (C=O) groups excluding carboxylic acids is 2. The molecule has 144 valence electrons. The van der Waals surface area contributed by atoms with Crippen LogP contribution in [0.5, 0.6) is 0 Å². The first-order valence-corrected chi connectivity index (χ1v) is 8.99. The van der Waals surface area contributed by atoms with Gasteiger partial charge in [-0.25, -0.2) is 4.39 Å². The molecule has 0 saturated carbocycles. The second-order valence-electron chi connectivity index (χ2n) is 6.90. The topological polar surface area (TPSA) is 62.6 Å². The van der Waals surface area contributed by atoms with E-state index in [1.54, 1.807) is 17.9 Å². The lowest BCUT2D eigenvalue weighted by Gasteiger charge is -2.36. The van der Waals surface area contributed by atoms with Gasteiger partial charge in [0.05, 0.1) is 11.6 Å². The quantitative estimate of drug-likeness (QED) is 0.850. The zero-order valence-corrected chi connectivity index (χ0v) is 15.9. The monoisotopic (exact) mass is 392 g/mol. The van der Waals surface area contributed by atoms with Gasteiger partial charge in [-0.05, 0) is 31.0 Å². The number of hydrogen-bond acceptors (Lipinski definition) is 4. The molecule has 1 fully saturated rings. The molecule has 4 rings (SSSR count). The Morgan fingerprint density at radius 1 is 1.33 bits per heavy atom. The molecule has 1 saturated heterocycles. The highest BCUT2D eigenvalue weighted by molar-refractivity contribution is 6.03. The van der Waals surface area contributed by atoms with Crippen molar-refractivity contribution < 1.29 is 18.4 Å². The summed E-state index contributed by atoms with van der Waals surface area (Å²) >= 11 is 0. The number of amides is 1. The van der Waals surface area contributed by atoms with Crippen LogP contribution in [0, 0.1) is 12.7 Å². The molecule has 0 radical (unpaired) electrons. The number of piperazine rings is 1. The van der Waals surface area contributed by atoms with Crippen LogP contribution in [0.4, 0.5) is 4.39 Å². The SMILES string of the molecule is Cc1c(C(=O)N2CCNCC2c2cccc(F)c2)oc2c1C(=O)CCC2.Cl.